The van der Waals surface area contributed by atoms with E-state index >= 15 is 0 Å². The SMILES string of the molecule is Cc1ccc(S(=O)(=O)c2nc(N)nc3c2CCCc2sc(-c4ccccc4)cc2-3)cc1. The molecular weight excluding hydrogens is 426 g/mol. The molecule has 2 aromatic carbocycles. The molecule has 5 nitrogen and oxygen atoms in total. The number of nitrogens with zero attached hydrogens (tertiary/aromatic N) is 2. The van der Waals surface area contributed by atoms with E-state index in [2.05, 4.69) is 28.2 Å². The Morgan fingerprint density at radius 3 is 2.45 bits per heavy atom. The molecule has 2 heterocycles. The smallest absolute Gasteiger partial charge is 0.224 e. The molecule has 0 spiro atoms. The summed E-state index contributed by atoms with van der Waals surface area (Å²) in [5, 5.41) is 0.0270. The largest absolute Gasteiger partial charge is 0.368 e. The molecule has 0 radical (unpaired) electrons. The summed E-state index contributed by atoms with van der Waals surface area (Å²) >= 11 is 1.73. The van der Waals surface area contributed by atoms with Crippen molar-refractivity contribution in [2.24, 2.45) is 0 Å². The van der Waals surface area contributed by atoms with E-state index in [9.17, 15) is 8.42 Å². The number of benzene rings is 2. The number of rotatable bonds is 3. The van der Waals surface area contributed by atoms with E-state index in [-0.39, 0.29) is 15.9 Å². The molecule has 2 aromatic heterocycles. The van der Waals surface area contributed by atoms with Crippen molar-refractivity contribution in [3.8, 4) is 21.7 Å². The zero-order valence-electron chi connectivity index (χ0n) is 17.0. The van der Waals surface area contributed by atoms with Gasteiger partial charge in [0.25, 0.3) is 0 Å². The molecule has 5 rings (SSSR count). The lowest BCUT2D eigenvalue weighted by atomic mass is 10.1. The van der Waals surface area contributed by atoms with Crippen molar-refractivity contribution >= 4 is 27.1 Å². The van der Waals surface area contributed by atoms with Gasteiger partial charge < -0.3 is 5.73 Å². The number of aromatic nitrogens is 2. The number of nitrogens with two attached hydrogens (primary N) is 1. The first-order chi connectivity index (χ1) is 14.9. The summed E-state index contributed by atoms with van der Waals surface area (Å²) in [6.07, 6.45) is 2.30. The van der Waals surface area contributed by atoms with E-state index in [1.165, 1.54) is 4.88 Å². The Morgan fingerprint density at radius 2 is 1.71 bits per heavy atom. The molecule has 0 unspecified atom stereocenters. The van der Waals surface area contributed by atoms with Gasteiger partial charge in [-0.1, -0.05) is 48.0 Å². The Morgan fingerprint density at radius 1 is 0.968 bits per heavy atom. The molecule has 156 valence electrons. The van der Waals surface area contributed by atoms with Gasteiger partial charge in [0.05, 0.1) is 10.6 Å². The maximum atomic E-state index is 13.5. The van der Waals surface area contributed by atoms with Crippen LogP contribution in [-0.2, 0) is 22.7 Å². The van der Waals surface area contributed by atoms with Crippen LogP contribution in [0.4, 0.5) is 5.95 Å². The Hall–Kier alpha value is -3.03. The summed E-state index contributed by atoms with van der Waals surface area (Å²) in [7, 11) is -3.81. The maximum absolute atomic E-state index is 13.5. The highest BCUT2D eigenvalue weighted by Crippen LogP contribution is 2.42. The fourth-order valence-corrected chi connectivity index (χ4v) is 6.63. The molecule has 0 bridgehead atoms. The zero-order chi connectivity index (χ0) is 21.6. The molecule has 31 heavy (non-hydrogen) atoms. The van der Waals surface area contributed by atoms with Gasteiger partial charge in [0.2, 0.25) is 15.8 Å². The predicted octanol–water partition coefficient (Wildman–Crippen LogP) is 5.08. The van der Waals surface area contributed by atoms with Crippen molar-refractivity contribution in [2.75, 3.05) is 5.73 Å². The van der Waals surface area contributed by atoms with Crippen LogP contribution in [0.5, 0.6) is 0 Å². The van der Waals surface area contributed by atoms with Crippen LogP contribution >= 0.6 is 11.3 Å². The number of anilines is 1. The number of hydrogen-bond acceptors (Lipinski definition) is 6. The minimum absolute atomic E-state index is 0.0234. The van der Waals surface area contributed by atoms with Crippen LogP contribution in [0, 0.1) is 6.92 Å². The number of sulfone groups is 1. The molecule has 0 saturated heterocycles. The van der Waals surface area contributed by atoms with Gasteiger partial charge in [-0.05, 0) is 49.9 Å². The summed E-state index contributed by atoms with van der Waals surface area (Å²) in [5.41, 5.74) is 10.4. The molecule has 2 N–H and O–H groups in total. The number of fused-ring (bicyclic) bond motifs is 3. The van der Waals surface area contributed by atoms with Crippen LogP contribution in [0.25, 0.3) is 21.7 Å². The molecule has 7 heteroatoms. The number of hydrogen-bond donors (Lipinski definition) is 1. The molecule has 1 aliphatic rings. The number of nitrogen functional groups attached to an aromatic ring is 1. The van der Waals surface area contributed by atoms with Gasteiger partial charge in [-0.3, -0.25) is 0 Å². The van der Waals surface area contributed by atoms with E-state index in [1.807, 2.05) is 25.1 Å². The summed E-state index contributed by atoms with van der Waals surface area (Å²) < 4.78 is 27.0. The van der Waals surface area contributed by atoms with E-state index in [4.69, 9.17) is 5.73 Å². The van der Waals surface area contributed by atoms with Crippen molar-refractivity contribution in [3.63, 3.8) is 0 Å². The third-order valence-electron chi connectivity index (χ3n) is 5.53. The highest BCUT2D eigenvalue weighted by molar-refractivity contribution is 7.91. The van der Waals surface area contributed by atoms with Crippen LogP contribution < -0.4 is 5.73 Å². The third kappa shape index (κ3) is 3.54. The van der Waals surface area contributed by atoms with Crippen LogP contribution in [0.15, 0.2) is 70.6 Å². The van der Waals surface area contributed by atoms with Gasteiger partial charge in [0, 0.05) is 20.9 Å². The topological polar surface area (TPSA) is 85.9 Å². The molecule has 0 atom stereocenters. The molecule has 0 fully saturated rings. The fourth-order valence-electron chi connectivity index (χ4n) is 3.96. The highest BCUT2D eigenvalue weighted by Gasteiger charge is 2.30. The Kier molecular flexibility index (Phi) is 4.87. The Bertz CT molecular complexity index is 1380. The summed E-state index contributed by atoms with van der Waals surface area (Å²) in [6, 6.07) is 19.1. The van der Waals surface area contributed by atoms with E-state index in [0.29, 0.717) is 17.7 Å². The quantitative estimate of drug-likeness (QED) is 0.442. The first-order valence-corrected chi connectivity index (χ1v) is 12.4. The zero-order valence-corrected chi connectivity index (χ0v) is 18.6. The van der Waals surface area contributed by atoms with Crippen LogP contribution in [0.2, 0.25) is 0 Å². The van der Waals surface area contributed by atoms with Crippen LogP contribution in [-0.4, -0.2) is 18.4 Å². The minimum atomic E-state index is -3.81. The fraction of sp³-hybridized carbons (Fsp3) is 0.167. The average molecular weight is 448 g/mol. The lowest BCUT2D eigenvalue weighted by molar-refractivity contribution is 0.590. The second kappa shape index (κ2) is 7.59. The minimum Gasteiger partial charge on any atom is -0.368 e. The monoisotopic (exact) mass is 447 g/mol. The van der Waals surface area contributed by atoms with Crippen LogP contribution in [0.3, 0.4) is 0 Å². The Labute approximate surface area is 185 Å². The van der Waals surface area contributed by atoms with Gasteiger partial charge in [-0.2, -0.15) is 0 Å². The third-order valence-corrected chi connectivity index (χ3v) is 8.51. The standard InChI is InChI=1S/C24H21N3O2S2/c1-15-10-12-17(13-11-15)31(28,29)23-18-8-5-9-20-19(22(18)26-24(25)27-23)14-21(30-20)16-6-3-2-4-7-16/h2-4,6-7,10-14H,5,8-9H2,1H3,(H2,25,26,27). The summed E-state index contributed by atoms with van der Waals surface area (Å²) in [4.78, 5) is 11.3. The second-order valence-corrected chi connectivity index (χ2v) is 10.7. The molecular formula is C24H21N3O2S2. The van der Waals surface area contributed by atoms with Crippen molar-refractivity contribution in [2.45, 2.75) is 36.1 Å². The van der Waals surface area contributed by atoms with E-state index in [0.717, 1.165) is 34.4 Å². The van der Waals surface area contributed by atoms with Crippen molar-refractivity contribution in [1.82, 2.24) is 9.97 Å². The first kappa shape index (κ1) is 19.9. The maximum Gasteiger partial charge on any atom is 0.224 e. The van der Waals surface area contributed by atoms with Crippen molar-refractivity contribution in [1.29, 1.82) is 0 Å². The molecule has 0 aliphatic heterocycles. The van der Waals surface area contributed by atoms with Crippen LogP contribution in [0.1, 0.15) is 22.4 Å². The van der Waals surface area contributed by atoms with Crippen molar-refractivity contribution < 1.29 is 8.42 Å². The van der Waals surface area contributed by atoms with E-state index < -0.39 is 9.84 Å². The highest BCUT2D eigenvalue weighted by atomic mass is 32.2. The lowest BCUT2D eigenvalue weighted by Crippen LogP contribution is -2.13. The van der Waals surface area contributed by atoms with Gasteiger partial charge in [0.15, 0.2) is 5.03 Å². The number of thiophene rings is 1. The first-order valence-electron chi connectivity index (χ1n) is 10.1. The Balaban J connectivity index is 1.70. The lowest BCUT2D eigenvalue weighted by Gasteiger charge is -2.13. The second-order valence-electron chi connectivity index (χ2n) is 7.70. The van der Waals surface area contributed by atoms with E-state index in [1.54, 1.807) is 35.6 Å². The average Bonchev–Trinajstić information content (AvgIpc) is 3.12. The van der Waals surface area contributed by atoms with Gasteiger partial charge in [0.1, 0.15) is 0 Å². The predicted molar refractivity (Wildman–Crippen MR) is 124 cm³/mol. The van der Waals surface area contributed by atoms with Gasteiger partial charge in [-0.25, -0.2) is 18.4 Å². The molecule has 4 aromatic rings. The number of aryl methyl sites for hydroxylation is 2. The molecule has 0 amide bonds. The molecule has 0 saturated carbocycles. The van der Waals surface area contributed by atoms with Gasteiger partial charge in [-0.15, -0.1) is 11.3 Å². The van der Waals surface area contributed by atoms with Crippen molar-refractivity contribution in [3.05, 3.63) is 76.7 Å². The van der Waals surface area contributed by atoms with Gasteiger partial charge >= 0.3 is 0 Å². The normalized spacial score (nSPS) is 13.3. The summed E-state index contributed by atoms with van der Waals surface area (Å²) in [6.45, 7) is 1.92. The molecule has 1 aliphatic carbocycles. The summed E-state index contributed by atoms with van der Waals surface area (Å²) in [5.74, 6) is -0.0234.